The van der Waals surface area contributed by atoms with E-state index in [4.69, 9.17) is 4.74 Å². The molecule has 0 aliphatic heterocycles. The number of rotatable bonds is 4. The molecule has 0 fully saturated rings. The van der Waals surface area contributed by atoms with E-state index in [1.54, 1.807) is 0 Å². The summed E-state index contributed by atoms with van der Waals surface area (Å²) in [6.45, 7) is 7.78. The third-order valence-corrected chi connectivity index (χ3v) is 3.78. The minimum atomic E-state index is 0.844. The van der Waals surface area contributed by atoms with Crippen LogP contribution in [0.5, 0.6) is 0 Å². The predicted molar refractivity (Wildman–Crippen MR) is 104 cm³/mol. The van der Waals surface area contributed by atoms with Gasteiger partial charge in [0.05, 0.1) is 0 Å². The largest absolute Gasteiger partial charge is 0.382 e. The van der Waals surface area contributed by atoms with Gasteiger partial charge in [-0.15, -0.1) is 0 Å². The summed E-state index contributed by atoms with van der Waals surface area (Å²) in [6, 6.07) is 27.8. The fourth-order valence-corrected chi connectivity index (χ4v) is 2.54. The van der Waals surface area contributed by atoms with Gasteiger partial charge in [0.15, 0.2) is 0 Å². The van der Waals surface area contributed by atoms with Gasteiger partial charge in [0.1, 0.15) is 0 Å². The molecule has 0 saturated carbocycles. The summed E-state index contributed by atoms with van der Waals surface area (Å²) in [7, 11) is 0. The van der Waals surface area contributed by atoms with Gasteiger partial charge >= 0.3 is 0 Å². The SMILES string of the molecule is CCOCC.Cc1ccc(-c2ccccc2-c2ccccc2)cc1. The Morgan fingerprint density at radius 2 is 1.04 bits per heavy atom. The third kappa shape index (κ3) is 5.07. The summed E-state index contributed by atoms with van der Waals surface area (Å²) in [5.74, 6) is 0. The molecule has 124 valence electrons. The Kier molecular flexibility index (Phi) is 7.25. The first kappa shape index (κ1) is 18.0. The molecule has 0 aliphatic carbocycles. The Hall–Kier alpha value is -2.38. The van der Waals surface area contributed by atoms with Crippen LogP contribution in [-0.4, -0.2) is 13.2 Å². The highest BCUT2D eigenvalue weighted by Crippen LogP contribution is 2.31. The zero-order valence-electron chi connectivity index (χ0n) is 14.8. The zero-order valence-corrected chi connectivity index (χ0v) is 14.8. The second-order valence-electron chi connectivity index (χ2n) is 5.56. The monoisotopic (exact) mass is 318 g/mol. The molecule has 0 radical (unpaired) electrons. The lowest BCUT2D eigenvalue weighted by Gasteiger charge is -2.10. The summed E-state index contributed by atoms with van der Waals surface area (Å²) in [6.07, 6.45) is 0. The number of hydrogen-bond acceptors (Lipinski definition) is 1. The maximum atomic E-state index is 4.83. The standard InChI is InChI=1S/C19H16.C4H10O/c1-15-11-13-17(14-12-15)19-10-6-5-9-18(19)16-7-3-2-4-8-16;1-3-5-4-2/h2-14H,1H3;3-4H2,1-2H3. The zero-order chi connectivity index (χ0) is 17.2. The van der Waals surface area contributed by atoms with E-state index in [0.29, 0.717) is 0 Å². The van der Waals surface area contributed by atoms with E-state index in [1.165, 1.54) is 27.8 Å². The Bertz CT molecular complexity index is 713. The summed E-state index contributed by atoms with van der Waals surface area (Å²) in [4.78, 5) is 0. The van der Waals surface area contributed by atoms with Crippen molar-refractivity contribution in [2.45, 2.75) is 20.8 Å². The van der Waals surface area contributed by atoms with Gasteiger partial charge in [-0.3, -0.25) is 0 Å². The molecular weight excluding hydrogens is 292 g/mol. The first-order valence-electron chi connectivity index (χ1n) is 8.55. The van der Waals surface area contributed by atoms with E-state index in [9.17, 15) is 0 Å². The van der Waals surface area contributed by atoms with E-state index in [-0.39, 0.29) is 0 Å². The van der Waals surface area contributed by atoms with E-state index in [1.807, 2.05) is 13.8 Å². The van der Waals surface area contributed by atoms with Gasteiger partial charge in [0.25, 0.3) is 0 Å². The second kappa shape index (κ2) is 9.69. The van der Waals surface area contributed by atoms with Crippen molar-refractivity contribution in [3.63, 3.8) is 0 Å². The Balaban J connectivity index is 0.000000368. The van der Waals surface area contributed by atoms with Crippen molar-refractivity contribution < 1.29 is 4.74 Å². The molecule has 1 heteroatoms. The van der Waals surface area contributed by atoms with Crippen molar-refractivity contribution in [2.24, 2.45) is 0 Å². The van der Waals surface area contributed by atoms with Crippen LogP contribution in [0.25, 0.3) is 22.3 Å². The van der Waals surface area contributed by atoms with Crippen molar-refractivity contribution in [3.05, 3.63) is 84.4 Å². The van der Waals surface area contributed by atoms with Gasteiger partial charge in [0, 0.05) is 13.2 Å². The van der Waals surface area contributed by atoms with Crippen LogP contribution >= 0.6 is 0 Å². The second-order valence-corrected chi connectivity index (χ2v) is 5.56. The molecule has 3 rings (SSSR count). The topological polar surface area (TPSA) is 9.23 Å². The quantitative estimate of drug-likeness (QED) is 0.543. The van der Waals surface area contributed by atoms with Crippen molar-refractivity contribution >= 4 is 0 Å². The average molecular weight is 318 g/mol. The number of hydrogen-bond donors (Lipinski definition) is 0. The van der Waals surface area contributed by atoms with Crippen LogP contribution in [0, 0.1) is 6.92 Å². The van der Waals surface area contributed by atoms with Crippen molar-refractivity contribution in [1.82, 2.24) is 0 Å². The molecule has 1 nitrogen and oxygen atoms in total. The van der Waals surface area contributed by atoms with Gasteiger partial charge in [-0.1, -0.05) is 84.4 Å². The molecule has 0 unspecified atom stereocenters. The molecule has 0 heterocycles. The van der Waals surface area contributed by atoms with Crippen LogP contribution in [0.1, 0.15) is 19.4 Å². The van der Waals surface area contributed by atoms with Gasteiger partial charge in [-0.05, 0) is 43.0 Å². The highest BCUT2D eigenvalue weighted by Gasteiger charge is 2.05. The molecule has 3 aromatic carbocycles. The van der Waals surface area contributed by atoms with Crippen molar-refractivity contribution in [1.29, 1.82) is 0 Å². The van der Waals surface area contributed by atoms with E-state index in [0.717, 1.165) is 13.2 Å². The summed E-state index contributed by atoms with van der Waals surface area (Å²) in [5, 5.41) is 0. The van der Waals surface area contributed by atoms with Gasteiger partial charge in [-0.2, -0.15) is 0 Å². The lowest BCUT2D eigenvalue weighted by atomic mass is 9.94. The molecule has 0 atom stereocenters. The van der Waals surface area contributed by atoms with Crippen LogP contribution in [0.2, 0.25) is 0 Å². The van der Waals surface area contributed by atoms with E-state index < -0.39 is 0 Å². The molecule has 3 aromatic rings. The molecular formula is C23H26O. The van der Waals surface area contributed by atoms with Gasteiger partial charge < -0.3 is 4.74 Å². The lowest BCUT2D eigenvalue weighted by Crippen LogP contribution is -1.84. The lowest BCUT2D eigenvalue weighted by molar-refractivity contribution is 0.162. The summed E-state index contributed by atoms with van der Waals surface area (Å²) in [5.41, 5.74) is 6.39. The normalized spacial score (nSPS) is 9.96. The molecule has 0 spiro atoms. The smallest absolute Gasteiger partial charge is 0.0437 e. The van der Waals surface area contributed by atoms with Gasteiger partial charge in [0.2, 0.25) is 0 Å². The molecule has 0 aromatic heterocycles. The minimum absolute atomic E-state index is 0.844. The maximum absolute atomic E-state index is 4.83. The Morgan fingerprint density at radius 3 is 1.50 bits per heavy atom. The fourth-order valence-electron chi connectivity index (χ4n) is 2.54. The molecule has 24 heavy (non-hydrogen) atoms. The number of ether oxygens (including phenoxy) is 1. The molecule has 0 aliphatic rings. The molecule has 0 bridgehead atoms. The Labute approximate surface area is 145 Å². The van der Waals surface area contributed by atoms with Crippen LogP contribution < -0.4 is 0 Å². The van der Waals surface area contributed by atoms with Crippen LogP contribution in [-0.2, 0) is 4.74 Å². The predicted octanol–water partition coefficient (Wildman–Crippen LogP) is 6.37. The fraction of sp³-hybridized carbons (Fsp3) is 0.217. The number of benzene rings is 3. The average Bonchev–Trinajstić information content (AvgIpc) is 2.64. The highest BCUT2D eigenvalue weighted by molar-refractivity contribution is 5.83. The maximum Gasteiger partial charge on any atom is 0.0437 e. The minimum Gasteiger partial charge on any atom is -0.382 e. The number of aryl methyl sites for hydroxylation is 1. The van der Waals surface area contributed by atoms with Crippen LogP contribution in [0.3, 0.4) is 0 Å². The van der Waals surface area contributed by atoms with Gasteiger partial charge in [-0.25, -0.2) is 0 Å². The van der Waals surface area contributed by atoms with Crippen molar-refractivity contribution in [2.75, 3.05) is 13.2 Å². The third-order valence-electron chi connectivity index (χ3n) is 3.78. The summed E-state index contributed by atoms with van der Waals surface area (Å²) < 4.78 is 4.83. The van der Waals surface area contributed by atoms with E-state index >= 15 is 0 Å². The molecule has 0 N–H and O–H groups in total. The highest BCUT2D eigenvalue weighted by atomic mass is 16.5. The first-order valence-corrected chi connectivity index (χ1v) is 8.55. The van der Waals surface area contributed by atoms with Crippen molar-refractivity contribution in [3.8, 4) is 22.3 Å². The van der Waals surface area contributed by atoms with Crippen LogP contribution in [0.15, 0.2) is 78.9 Å². The first-order chi connectivity index (χ1) is 11.8. The molecule has 0 amide bonds. The molecule has 0 saturated heterocycles. The van der Waals surface area contributed by atoms with Crippen LogP contribution in [0.4, 0.5) is 0 Å². The summed E-state index contributed by atoms with van der Waals surface area (Å²) >= 11 is 0. The van der Waals surface area contributed by atoms with E-state index in [2.05, 4.69) is 85.8 Å². The Morgan fingerprint density at radius 1 is 0.583 bits per heavy atom.